The van der Waals surface area contributed by atoms with Crippen LogP contribution in [0.5, 0.6) is 0 Å². The number of carbonyl (C=O) groups is 1. The van der Waals surface area contributed by atoms with Crippen molar-refractivity contribution in [2.45, 2.75) is 26.3 Å². The fourth-order valence-electron chi connectivity index (χ4n) is 2.30. The zero-order valence-electron chi connectivity index (χ0n) is 11.7. The molecule has 2 rings (SSSR count). The molecule has 0 saturated carbocycles. The Kier molecular flexibility index (Phi) is 5.28. The number of nitrogens with zero attached hydrogens (tertiary/aromatic N) is 1. The highest BCUT2D eigenvalue weighted by Crippen LogP contribution is 2.18. The van der Waals surface area contributed by atoms with E-state index in [0.717, 1.165) is 30.3 Å². The van der Waals surface area contributed by atoms with Gasteiger partial charge in [-0.15, -0.1) is 0 Å². The number of carbonyl (C=O) groups excluding carboxylic acids is 1. The molecule has 1 fully saturated rings. The van der Waals surface area contributed by atoms with Crippen molar-refractivity contribution in [2.24, 2.45) is 0 Å². The predicted octanol–water partition coefficient (Wildman–Crippen LogP) is 2.44. The van der Waals surface area contributed by atoms with Gasteiger partial charge in [-0.05, 0) is 26.0 Å². The Morgan fingerprint density at radius 2 is 2.16 bits per heavy atom. The molecule has 1 atom stereocenters. The molecule has 19 heavy (non-hydrogen) atoms. The second-order valence-electron chi connectivity index (χ2n) is 4.90. The van der Waals surface area contributed by atoms with Crippen LogP contribution in [0.4, 0.5) is 5.69 Å². The smallest absolute Gasteiger partial charge is 0.228 e. The Bertz CT molecular complexity index is 413. The van der Waals surface area contributed by atoms with Crippen LogP contribution in [0.25, 0.3) is 0 Å². The van der Waals surface area contributed by atoms with Gasteiger partial charge in [0.15, 0.2) is 0 Å². The van der Waals surface area contributed by atoms with Crippen LogP contribution in [0.2, 0.25) is 0 Å². The maximum absolute atomic E-state index is 12.4. The van der Waals surface area contributed by atoms with Gasteiger partial charge in [0.2, 0.25) is 5.91 Å². The molecule has 0 aromatic heterocycles. The Balaban J connectivity index is 2.00. The minimum absolute atomic E-state index is 0.214. The van der Waals surface area contributed by atoms with Crippen molar-refractivity contribution in [3.05, 3.63) is 29.8 Å². The summed E-state index contributed by atoms with van der Waals surface area (Å²) in [7, 11) is 0. The summed E-state index contributed by atoms with van der Waals surface area (Å²) in [4.78, 5) is 14.3. The van der Waals surface area contributed by atoms with Crippen LogP contribution < -0.4 is 10.2 Å². The topological polar surface area (TPSA) is 32.3 Å². The van der Waals surface area contributed by atoms with Crippen molar-refractivity contribution in [1.82, 2.24) is 5.32 Å². The van der Waals surface area contributed by atoms with Crippen molar-refractivity contribution in [3.63, 3.8) is 0 Å². The van der Waals surface area contributed by atoms with Gasteiger partial charge in [-0.25, -0.2) is 0 Å². The summed E-state index contributed by atoms with van der Waals surface area (Å²) >= 11 is 1.93. The second-order valence-corrected chi connectivity index (χ2v) is 6.05. The quantitative estimate of drug-likeness (QED) is 0.918. The molecule has 0 radical (unpaired) electrons. The first-order valence-electron chi connectivity index (χ1n) is 6.89. The van der Waals surface area contributed by atoms with Gasteiger partial charge in [-0.2, -0.15) is 11.8 Å². The van der Waals surface area contributed by atoms with Crippen molar-refractivity contribution in [3.8, 4) is 0 Å². The molecule has 1 aliphatic rings. The van der Waals surface area contributed by atoms with E-state index in [9.17, 15) is 4.79 Å². The van der Waals surface area contributed by atoms with Crippen LogP contribution in [-0.2, 0) is 4.79 Å². The molecule has 1 N–H and O–H groups in total. The molecular formula is C15H22N2OS. The van der Waals surface area contributed by atoms with E-state index >= 15 is 0 Å². The maximum atomic E-state index is 12.4. The van der Waals surface area contributed by atoms with E-state index in [4.69, 9.17) is 0 Å². The number of rotatable bonds is 4. The van der Waals surface area contributed by atoms with E-state index < -0.39 is 0 Å². The molecule has 1 aromatic rings. The lowest BCUT2D eigenvalue weighted by atomic mass is 10.1. The summed E-state index contributed by atoms with van der Waals surface area (Å²) in [5, 5.41) is 3.42. The van der Waals surface area contributed by atoms with E-state index in [2.05, 4.69) is 24.4 Å². The molecule has 0 aliphatic carbocycles. The first-order chi connectivity index (χ1) is 9.20. The first-order valence-corrected chi connectivity index (χ1v) is 8.04. The van der Waals surface area contributed by atoms with Crippen LogP contribution >= 0.6 is 11.8 Å². The zero-order chi connectivity index (χ0) is 13.7. The molecular weight excluding hydrogens is 256 g/mol. The predicted molar refractivity (Wildman–Crippen MR) is 82.9 cm³/mol. The average Bonchev–Trinajstić information content (AvgIpc) is 2.43. The Morgan fingerprint density at radius 3 is 2.74 bits per heavy atom. The SMILES string of the molecule is CCN(C(=O)CC1CSCCN1)c1ccc(C)cc1. The lowest BCUT2D eigenvalue weighted by Gasteiger charge is -2.27. The highest BCUT2D eigenvalue weighted by atomic mass is 32.2. The van der Waals surface area contributed by atoms with Crippen molar-refractivity contribution in [2.75, 3.05) is 29.5 Å². The molecule has 3 nitrogen and oxygen atoms in total. The van der Waals surface area contributed by atoms with Gasteiger partial charge in [0.25, 0.3) is 0 Å². The molecule has 1 saturated heterocycles. The van der Waals surface area contributed by atoms with Crippen LogP contribution in [0, 0.1) is 6.92 Å². The normalized spacial score (nSPS) is 19.2. The molecule has 1 heterocycles. The summed E-state index contributed by atoms with van der Waals surface area (Å²) in [5.74, 6) is 2.41. The highest BCUT2D eigenvalue weighted by Gasteiger charge is 2.20. The summed E-state index contributed by atoms with van der Waals surface area (Å²) in [6.07, 6.45) is 0.592. The number of nitrogens with one attached hydrogen (secondary N) is 1. The molecule has 1 aliphatic heterocycles. The molecule has 104 valence electrons. The number of anilines is 1. The summed E-state index contributed by atoms with van der Waals surface area (Å²) < 4.78 is 0. The van der Waals surface area contributed by atoms with Gasteiger partial charge in [0.05, 0.1) is 0 Å². The molecule has 4 heteroatoms. The average molecular weight is 278 g/mol. The summed E-state index contributed by atoms with van der Waals surface area (Å²) in [5.41, 5.74) is 2.22. The molecule has 1 amide bonds. The van der Waals surface area contributed by atoms with Crippen LogP contribution in [0.1, 0.15) is 18.9 Å². The Hall–Kier alpha value is -1.00. The van der Waals surface area contributed by atoms with Gasteiger partial charge < -0.3 is 10.2 Å². The molecule has 0 bridgehead atoms. The van der Waals surface area contributed by atoms with E-state index in [-0.39, 0.29) is 5.91 Å². The van der Waals surface area contributed by atoms with E-state index in [1.165, 1.54) is 5.56 Å². The monoisotopic (exact) mass is 278 g/mol. The molecule has 1 aromatic carbocycles. The van der Waals surface area contributed by atoms with E-state index in [1.807, 2.05) is 35.7 Å². The third kappa shape index (κ3) is 3.98. The van der Waals surface area contributed by atoms with Gasteiger partial charge in [-0.3, -0.25) is 4.79 Å². The lowest BCUT2D eigenvalue weighted by Crippen LogP contribution is -2.42. The third-order valence-electron chi connectivity index (χ3n) is 3.38. The van der Waals surface area contributed by atoms with Crippen LogP contribution in [0.3, 0.4) is 0 Å². The number of thioether (sulfide) groups is 1. The number of amides is 1. The number of aryl methyl sites for hydroxylation is 1. The van der Waals surface area contributed by atoms with Crippen LogP contribution in [-0.4, -0.2) is 36.5 Å². The fraction of sp³-hybridized carbons (Fsp3) is 0.533. The van der Waals surface area contributed by atoms with Crippen LogP contribution in [0.15, 0.2) is 24.3 Å². The number of hydrogen-bond donors (Lipinski definition) is 1. The van der Waals surface area contributed by atoms with E-state index in [1.54, 1.807) is 0 Å². The second kappa shape index (κ2) is 6.96. The van der Waals surface area contributed by atoms with Gasteiger partial charge in [-0.1, -0.05) is 17.7 Å². The molecule has 1 unspecified atom stereocenters. The number of hydrogen-bond acceptors (Lipinski definition) is 3. The van der Waals surface area contributed by atoms with Crippen molar-refractivity contribution < 1.29 is 4.79 Å². The highest BCUT2D eigenvalue weighted by molar-refractivity contribution is 7.99. The van der Waals surface area contributed by atoms with Gasteiger partial charge in [0.1, 0.15) is 0 Å². The van der Waals surface area contributed by atoms with Crippen molar-refractivity contribution >= 4 is 23.4 Å². The minimum Gasteiger partial charge on any atom is -0.313 e. The number of benzene rings is 1. The summed E-state index contributed by atoms with van der Waals surface area (Å²) in [6.45, 7) is 5.83. The summed E-state index contributed by atoms with van der Waals surface area (Å²) in [6, 6.07) is 8.49. The van der Waals surface area contributed by atoms with Gasteiger partial charge in [0, 0.05) is 42.7 Å². The zero-order valence-corrected chi connectivity index (χ0v) is 12.5. The Morgan fingerprint density at radius 1 is 1.42 bits per heavy atom. The van der Waals surface area contributed by atoms with Crippen molar-refractivity contribution in [1.29, 1.82) is 0 Å². The van der Waals surface area contributed by atoms with Gasteiger partial charge >= 0.3 is 0 Å². The lowest BCUT2D eigenvalue weighted by molar-refractivity contribution is -0.118. The maximum Gasteiger partial charge on any atom is 0.228 e. The standard InChI is InChI=1S/C15H22N2OS/c1-3-17(14-6-4-12(2)5-7-14)15(18)10-13-11-19-9-8-16-13/h4-7,13,16H,3,8-11H2,1-2H3. The first kappa shape index (κ1) is 14.4. The third-order valence-corrected chi connectivity index (χ3v) is 4.51. The largest absolute Gasteiger partial charge is 0.313 e. The van der Waals surface area contributed by atoms with E-state index in [0.29, 0.717) is 12.5 Å². The minimum atomic E-state index is 0.214. The molecule has 0 spiro atoms. The Labute approximate surface area is 119 Å². The fourth-order valence-corrected chi connectivity index (χ4v) is 3.25.